The number of amides is 1. The summed E-state index contributed by atoms with van der Waals surface area (Å²) in [6.45, 7) is 3.79. The molecule has 144 valence electrons. The molecule has 0 saturated carbocycles. The summed E-state index contributed by atoms with van der Waals surface area (Å²) in [5.41, 5.74) is -0.190. The third-order valence-electron chi connectivity index (χ3n) is 4.23. The Balaban J connectivity index is 1.85. The standard InChI is InChI=1S/C21H18BrNO5/c1-3-12(2)23-19(24)17-10-14-6-9-16(11-18(14)28-21(17)26)27-20(25)13-4-7-15(22)8-5-13/h4-12H,3H2,1-2H3,(H,23,24). The lowest BCUT2D eigenvalue weighted by Gasteiger charge is -2.11. The summed E-state index contributed by atoms with van der Waals surface area (Å²) in [4.78, 5) is 36.6. The van der Waals surface area contributed by atoms with Gasteiger partial charge < -0.3 is 14.5 Å². The summed E-state index contributed by atoms with van der Waals surface area (Å²) in [7, 11) is 0. The second kappa shape index (κ2) is 8.39. The van der Waals surface area contributed by atoms with E-state index in [-0.39, 0.29) is 22.9 Å². The topological polar surface area (TPSA) is 85.6 Å². The van der Waals surface area contributed by atoms with E-state index in [1.54, 1.807) is 36.4 Å². The Bertz CT molecular complexity index is 1090. The van der Waals surface area contributed by atoms with E-state index in [1.807, 2.05) is 13.8 Å². The zero-order chi connectivity index (χ0) is 20.3. The minimum atomic E-state index is -0.746. The number of fused-ring (bicyclic) bond motifs is 1. The first-order valence-corrected chi connectivity index (χ1v) is 9.53. The Morgan fingerprint density at radius 1 is 1.14 bits per heavy atom. The molecule has 28 heavy (non-hydrogen) atoms. The molecule has 2 aromatic carbocycles. The van der Waals surface area contributed by atoms with Crippen molar-refractivity contribution >= 4 is 38.8 Å². The number of nitrogens with one attached hydrogen (secondary N) is 1. The average Bonchev–Trinajstić information content (AvgIpc) is 2.67. The monoisotopic (exact) mass is 443 g/mol. The molecule has 1 aromatic heterocycles. The predicted octanol–water partition coefficient (Wildman–Crippen LogP) is 4.30. The number of halogens is 1. The van der Waals surface area contributed by atoms with Crippen molar-refractivity contribution in [3.05, 3.63) is 74.6 Å². The van der Waals surface area contributed by atoms with Crippen LogP contribution in [0.25, 0.3) is 11.0 Å². The highest BCUT2D eigenvalue weighted by molar-refractivity contribution is 9.10. The van der Waals surface area contributed by atoms with Crippen LogP contribution in [0.4, 0.5) is 0 Å². The van der Waals surface area contributed by atoms with Crippen LogP contribution in [0.2, 0.25) is 0 Å². The van der Waals surface area contributed by atoms with Gasteiger partial charge in [-0.25, -0.2) is 9.59 Å². The van der Waals surface area contributed by atoms with Crippen LogP contribution in [0.15, 0.2) is 62.2 Å². The maximum absolute atomic E-state index is 12.2. The molecule has 0 spiro atoms. The molecule has 1 heterocycles. The average molecular weight is 444 g/mol. The van der Waals surface area contributed by atoms with Crippen molar-refractivity contribution in [3.8, 4) is 5.75 Å². The molecule has 0 radical (unpaired) electrons. The van der Waals surface area contributed by atoms with Crippen molar-refractivity contribution in [3.63, 3.8) is 0 Å². The predicted molar refractivity (Wildman–Crippen MR) is 109 cm³/mol. The molecule has 0 saturated heterocycles. The molecule has 7 heteroatoms. The highest BCUT2D eigenvalue weighted by Gasteiger charge is 2.16. The number of carbonyl (C=O) groups is 2. The van der Waals surface area contributed by atoms with E-state index in [0.29, 0.717) is 10.9 Å². The van der Waals surface area contributed by atoms with Gasteiger partial charge in [-0.2, -0.15) is 0 Å². The molecule has 1 atom stereocenters. The van der Waals surface area contributed by atoms with Gasteiger partial charge in [0.15, 0.2) is 0 Å². The van der Waals surface area contributed by atoms with Crippen LogP contribution < -0.4 is 15.7 Å². The van der Waals surface area contributed by atoms with Crippen LogP contribution in [0.1, 0.15) is 41.0 Å². The van der Waals surface area contributed by atoms with E-state index < -0.39 is 17.5 Å². The molecule has 3 aromatic rings. The Morgan fingerprint density at radius 2 is 1.86 bits per heavy atom. The normalized spacial score (nSPS) is 11.8. The van der Waals surface area contributed by atoms with Crippen LogP contribution in [-0.4, -0.2) is 17.9 Å². The van der Waals surface area contributed by atoms with Crippen LogP contribution in [-0.2, 0) is 0 Å². The summed E-state index contributed by atoms with van der Waals surface area (Å²) >= 11 is 3.31. The van der Waals surface area contributed by atoms with Gasteiger partial charge in [0.2, 0.25) is 0 Å². The van der Waals surface area contributed by atoms with Gasteiger partial charge >= 0.3 is 11.6 Å². The quantitative estimate of drug-likeness (QED) is 0.360. The molecule has 1 unspecified atom stereocenters. The number of carbonyl (C=O) groups excluding carboxylic acids is 2. The van der Waals surface area contributed by atoms with Gasteiger partial charge in [0.05, 0.1) is 5.56 Å². The molecular weight excluding hydrogens is 426 g/mol. The third kappa shape index (κ3) is 4.48. The highest BCUT2D eigenvalue weighted by atomic mass is 79.9. The minimum absolute atomic E-state index is 0.0528. The Labute approximate surface area is 169 Å². The van der Waals surface area contributed by atoms with Crippen molar-refractivity contribution in [2.75, 3.05) is 0 Å². The molecule has 1 amide bonds. The molecule has 0 aliphatic carbocycles. The number of rotatable bonds is 5. The molecule has 0 aliphatic rings. The summed E-state index contributed by atoms with van der Waals surface area (Å²) < 4.78 is 11.4. The first-order chi connectivity index (χ1) is 13.4. The van der Waals surface area contributed by atoms with Crippen molar-refractivity contribution in [2.45, 2.75) is 26.3 Å². The molecule has 0 aliphatic heterocycles. The van der Waals surface area contributed by atoms with Gasteiger partial charge in [-0.3, -0.25) is 4.79 Å². The van der Waals surface area contributed by atoms with Crippen molar-refractivity contribution in [2.24, 2.45) is 0 Å². The number of benzene rings is 2. The zero-order valence-corrected chi connectivity index (χ0v) is 16.9. The maximum Gasteiger partial charge on any atom is 0.349 e. The molecule has 3 rings (SSSR count). The van der Waals surface area contributed by atoms with E-state index in [0.717, 1.165) is 10.9 Å². The largest absolute Gasteiger partial charge is 0.423 e. The molecule has 0 bridgehead atoms. The van der Waals surface area contributed by atoms with Gasteiger partial charge in [0.25, 0.3) is 5.91 Å². The van der Waals surface area contributed by atoms with Gasteiger partial charge in [-0.05, 0) is 55.8 Å². The first-order valence-electron chi connectivity index (χ1n) is 8.74. The van der Waals surface area contributed by atoms with Crippen LogP contribution in [0.5, 0.6) is 5.75 Å². The first kappa shape index (κ1) is 19.8. The van der Waals surface area contributed by atoms with Crippen molar-refractivity contribution in [1.29, 1.82) is 0 Å². The summed E-state index contributed by atoms with van der Waals surface area (Å²) in [6.07, 6.45) is 0.748. The SMILES string of the molecule is CCC(C)NC(=O)c1cc2ccc(OC(=O)c3ccc(Br)cc3)cc2oc1=O. The van der Waals surface area contributed by atoms with E-state index >= 15 is 0 Å². The maximum atomic E-state index is 12.2. The lowest BCUT2D eigenvalue weighted by atomic mass is 10.1. The second-order valence-corrected chi connectivity index (χ2v) is 7.24. The highest BCUT2D eigenvalue weighted by Crippen LogP contribution is 2.22. The number of ether oxygens (including phenoxy) is 1. The van der Waals surface area contributed by atoms with Crippen molar-refractivity contribution in [1.82, 2.24) is 5.32 Å². The van der Waals surface area contributed by atoms with Gasteiger partial charge in [-0.15, -0.1) is 0 Å². The Morgan fingerprint density at radius 3 is 2.54 bits per heavy atom. The summed E-state index contributed by atoms with van der Waals surface area (Å²) in [5.74, 6) is -0.769. The number of esters is 1. The summed E-state index contributed by atoms with van der Waals surface area (Å²) in [5, 5.41) is 3.29. The van der Waals surface area contributed by atoms with E-state index in [1.165, 1.54) is 12.1 Å². The van der Waals surface area contributed by atoms with Crippen LogP contribution in [0.3, 0.4) is 0 Å². The van der Waals surface area contributed by atoms with Gasteiger partial charge in [-0.1, -0.05) is 22.9 Å². The second-order valence-electron chi connectivity index (χ2n) is 6.33. The van der Waals surface area contributed by atoms with Crippen LogP contribution >= 0.6 is 15.9 Å². The van der Waals surface area contributed by atoms with E-state index in [2.05, 4.69) is 21.2 Å². The van der Waals surface area contributed by atoms with Crippen LogP contribution in [0, 0.1) is 0 Å². The number of hydrogen-bond acceptors (Lipinski definition) is 5. The fourth-order valence-electron chi connectivity index (χ4n) is 2.47. The molecule has 1 N–H and O–H groups in total. The summed E-state index contributed by atoms with van der Waals surface area (Å²) in [6, 6.07) is 12.8. The lowest BCUT2D eigenvalue weighted by molar-refractivity contribution is 0.0734. The van der Waals surface area contributed by atoms with E-state index in [4.69, 9.17) is 9.15 Å². The Hall–Kier alpha value is -2.93. The smallest absolute Gasteiger partial charge is 0.349 e. The Kier molecular flexibility index (Phi) is 5.94. The lowest BCUT2D eigenvalue weighted by Crippen LogP contribution is -2.34. The molecule has 0 fully saturated rings. The fourth-order valence-corrected chi connectivity index (χ4v) is 2.73. The minimum Gasteiger partial charge on any atom is -0.423 e. The van der Waals surface area contributed by atoms with Crippen molar-refractivity contribution < 1.29 is 18.7 Å². The third-order valence-corrected chi connectivity index (χ3v) is 4.76. The van der Waals surface area contributed by atoms with Gasteiger partial charge in [0.1, 0.15) is 16.9 Å². The molecule has 6 nitrogen and oxygen atoms in total. The molecular formula is C21H18BrNO5. The fraction of sp³-hybridized carbons (Fsp3) is 0.190. The van der Waals surface area contributed by atoms with Gasteiger partial charge in [0, 0.05) is 22.0 Å². The zero-order valence-electron chi connectivity index (χ0n) is 15.3. The van der Waals surface area contributed by atoms with E-state index in [9.17, 15) is 14.4 Å². The number of hydrogen-bond donors (Lipinski definition) is 1.